The van der Waals surface area contributed by atoms with Crippen LogP contribution >= 0.6 is 11.6 Å². The Bertz CT molecular complexity index is 672. The highest BCUT2D eigenvalue weighted by molar-refractivity contribution is 6.32. The van der Waals surface area contributed by atoms with Crippen molar-refractivity contribution < 1.29 is 9.90 Å². The quantitative estimate of drug-likeness (QED) is 0.839. The first-order valence-electron chi connectivity index (χ1n) is 6.91. The molecule has 0 radical (unpaired) electrons. The molecule has 1 heterocycles. The van der Waals surface area contributed by atoms with E-state index in [1.165, 1.54) is 0 Å². The highest BCUT2D eigenvalue weighted by Gasteiger charge is 2.08. The van der Waals surface area contributed by atoms with Gasteiger partial charge in [0.2, 0.25) is 0 Å². The molecule has 0 bridgehead atoms. The summed E-state index contributed by atoms with van der Waals surface area (Å²) in [4.78, 5) is 14.9. The number of halogens is 1. The average molecular weight is 317 g/mol. The molecular formula is C17H17ClN2O2. The van der Waals surface area contributed by atoms with Crippen LogP contribution in [-0.4, -0.2) is 22.1 Å². The SMILES string of the molecule is C[C@H](CC(=O)O)Nc1ccc(Cl)c(C=Cc2ccccn2)c1. The van der Waals surface area contributed by atoms with E-state index >= 15 is 0 Å². The minimum Gasteiger partial charge on any atom is -0.481 e. The Labute approximate surface area is 134 Å². The molecule has 2 N–H and O–H groups in total. The van der Waals surface area contributed by atoms with Crippen molar-refractivity contribution in [1.29, 1.82) is 0 Å². The zero-order valence-electron chi connectivity index (χ0n) is 12.2. The van der Waals surface area contributed by atoms with E-state index in [-0.39, 0.29) is 12.5 Å². The molecule has 5 heteroatoms. The molecule has 0 saturated carbocycles. The minimum atomic E-state index is -0.829. The second-order valence-electron chi connectivity index (χ2n) is 4.97. The summed E-state index contributed by atoms with van der Waals surface area (Å²) in [6.45, 7) is 1.83. The van der Waals surface area contributed by atoms with Gasteiger partial charge < -0.3 is 10.4 Å². The number of benzene rings is 1. The summed E-state index contributed by atoms with van der Waals surface area (Å²) in [6, 6.07) is 11.0. The predicted octanol–water partition coefficient (Wildman–Crippen LogP) is 4.18. The summed E-state index contributed by atoms with van der Waals surface area (Å²) < 4.78 is 0. The molecule has 0 unspecified atom stereocenters. The zero-order valence-corrected chi connectivity index (χ0v) is 12.9. The molecule has 1 atom stereocenters. The Hall–Kier alpha value is -2.33. The van der Waals surface area contributed by atoms with Crippen LogP contribution in [0.3, 0.4) is 0 Å². The van der Waals surface area contributed by atoms with Gasteiger partial charge in [-0.1, -0.05) is 23.7 Å². The molecule has 0 amide bonds. The lowest BCUT2D eigenvalue weighted by Gasteiger charge is -2.14. The summed E-state index contributed by atoms with van der Waals surface area (Å²) in [5.74, 6) is -0.829. The first kappa shape index (κ1) is 16.0. The van der Waals surface area contributed by atoms with Crippen molar-refractivity contribution in [3.8, 4) is 0 Å². The van der Waals surface area contributed by atoms with Crippen LogP contribution in [0.4, 0.5) is 5.69 Å². The summed E-state index contributed by atoms with van der Waals surface area (Å²) in [7, 11) is 0. The number of pyridine rings is 1. The van der Waals surface area contributed by atoms with Gasteiger partial charge in [0.25, 0.3) is 0 Å². The Balaban J connectivity index is 2.13. The maximum atomic E-state index is 10.7. The Morgan fingerprint density at radius 2 is 2.18 bits per heavy atom. The molecule has 0 spiro atoms. The first-order chi connectivity index (χ1) is 10.5. The van der Waals surface area contributed by atoms with Crippen molar-refractivity contribution >= 4 is 35.4 Å². The Kier molecular flexibility index (Phi) is 5.55. The number of hydrogen-bond acceptors (Lipinski definition) is 3. The van der Waals surface area contributed by atoms with Gasteiger partial charge in [0, 0.05) is 22.9 Å². The van der Waals surface area contributed by atoms with Crippen LogP contribution in [0, 0.1) is 0 Å². The fourth-order valence-corrected chi connectivity index (χ4v) is 2.19. The molecule has 114 valence electrons. The molecule has 0 saturated heterocycles. The van der Waals surface area contributed by atoms with E-state index in [1.54, 1.807) is 12.3 Å². The van der Waals surface area contributed by atoms with Gasteiger partial charge >= 0.3 is 5.97 Å². The number of aromatic nitrogens is 1. The van der Waals surface area contributed by atoms with Gasteiger partial charge in [-0.25, -0.2) is 0 Å². The van der Waals surface area contributed by atoms with Gasteiger partial charge in [-0.15, -0.1) is 0 Å². The fourth-order valence-electron chi connectivity index (χ4n) is 2.01. The molecule has 0 aliphatic rings. The third-order valence-electron chi connectivity index (χ3n) is 3.01. The summed E-state index contributed by atoms with van der Waals surface area (Å²) in [6.07, 6.45) is 5.55. The smallest absolute Gasteiger partial charge is 0.305 e. The van der Waals surface area contributed by atoms with Crippen molar-refractivity contribution in [1.82, 2.24) is 4.98 Å². The van der Waals surface area contributed by atoms with Crippen LogP contribution in [0.25, 0.3) is 12.2 Å². The fraction of sp³-hybridized carbons (Fsp3) is 0.176. The van der Waals surface area contributed by atoms with E-state index in [2.05, 4.69) is 10.3 Å². The molecular weight excluding hydrogens is 300 g/mol. The highest BCUT2D eigenvalue weighted by Crippen LogP contribution is 2.23. The molecule has 0 aliphatic carbocycles. The van der Waals surface area contributed by atoms with Crippen LogP contribution in [0.5, 0.6) is 0 Å². The second-order valence-corrected chi connectivity index (χ2v) is 5.37. The summed E-state index contributed by atoms with van der Waals surface area (Å²) >= 11 is 6.19. The largest absolute Gasteiger partial charge is 0.481 e. The van der Waals surface area contributed by atoms with E-state index in [0.717, 1.165) is 16.9 Å². The van der Waals surface area contributed by atoms with E-state index in [4.69, 9.17) is 16.7 Å². The molecule has 1 aromatic carbocycles. The summed E-state index contributed by atoms with van der Waals surface area (Å²) in [5.41, 5.74) is 2.52. The lowest BCUT2D eigenvalue weighted by molar-refractivity contribution is -0.137. The number of carbonyl (C=O) groups is 1. The Morgan fingerprint density at radius 1 is 1.36 bits per heavy atom. The van der Waals surface area contributed by atoms with Gasteiger partial charge in [-0.2, -0.15) is 0 Å². The van der Waals surface area contributed by atoms with Crippen LogP contribution in [0.15, 0.2) is 42.6 Å². The zero-order chi connectivity index (χ0) is 15.9. The van der Waals surface area contributed by atoms with Gasteiger partial charge in [0.1, 0.15) is 0 Å². The standard InChI is InChI=1S/C17H17ClN2O2/c1-12(10-17(21)22)20-15-7-8-16(18)13(11-15)5-6-14-4-2-3-9-19-14/h2-9,11-12,20H,10H2,1H3,(H,21,22)/t12-/m1/s1. The maximum Gasteiger partial charge on any atom is 0.305 e. The van der Waals surface area contributed by atoms with Crippen molar-refractivity contribution in [2.75, 3.05) is 5.32 Å². The third-order valence-corrected chi connectivity index (χ3v) is 3.36. The number of nitrogens with zero attached hydrogens (tertiary/aromatic N) is 1. The van der Waals surface area contributed by atoms with Gasteiger partial charge in [-0.05, 0) is 48.9 Å². The Morgan fingerprint density at radius 3 is 2.86 bits per heavy atom. The number of nitrogens with one attached hydrogen (secondary N) is 1. The number of carboxylic acids is 1. The third kappa shape index (κ3) is 4.90. The number of anilines is 1. The number of carboxylic acid groups (broad SMARTS) is 1. The van der Waals surface area contributed by atoms with Crippen LogP contribution in [0.1, 0.15) is 24.6 Å². The maximum absolute atomic E-state index is 10.7. The highest BCUT2D eigenvalue weighted by atomic mass is 35.5. The predicted molar refractivity (Wildman–Crippen MR) is 90.0 cm³/mol. The normalized spacial score (nSPS) is 12.3. The van der Waals surface area contributed by atoms with Crippen LogP contribution in [0.2, 0.25) is 5.02 Å². The molecule has 2 aromatic rings. The van der Waals surface area contributed by atoms with E-state index in [0.29, 0.717) is 5.02 Å². The van der Waals surface area contributed by atoms with Gasteiger partial charge in [-0.3, -0.25) is 9.78 Å². The molecule has 0 fully saturated rings. The molecule has 22 heavy (non-hydrogen) atoms. The lowest BCUT2D eigenvalue weighted by Crippen LogP contribution is -2.19. The first-order valence-corrected chi connectivity index (χ1v) is 7.29. The minimum absolute atomic E-state index is 0.0573. The number of hydrogen-bond donors (Lipinski definition) is 2. The van der Waals surface area contributed by atoms with Gasteiger partial charge in [0.05, 0.1) is 12.1 Å². The lowest BCUT2D eigenvalue weighted by atomic mass is 10.1. The monoisotopic (exact) mass is 316 g/mol. The molecule has 4 nitrogen and oxygen atoms in total. The molecule has 2 rings (SSSR count). The van der Waals surface area contributed by atoms with E-state index in [1.807, 2.05) is 49.4 Å². The van der Waals surface area contributed by atoms with Gasteiger partial charge in [0.15, 0.2) is 0 Å². The topological polar surface area (TPSA) is 62.2 Å². The number of rotatable bonds is 6. The van der Waals surface area contributed by atoms with Crippen molar-refractivity contribution in [2.45, 2.75) is 19.4 Å². The van der Waals surface area contributed by atoms with Crippen molar-refractivity contribution in [3.05, 3.63) is 58.9 Å². The van der Waals surface area contributed by atoms with E-state index < -0.39 is 5.97 Å². The summed E-state index contributed by atoms with van der Waals surface area (Å²) in [5, 5.41) is 12.6. The van der Waals surface area contributed by atoms with Crippen molar-refractivity contribution in [3.63, 3.8) is 0 Å². The second kappa shape index (κ2) is 7.61. The number of aliphatic carboxylic acids is 1. The van der Waals surface area contributed by atoms with Crippen molar-refractivity contribution in [2.24, 2.45) is 0 Å². The molecule has 0 aliphatic heterocycles. The molecule has 1 aromatic heterocycles. The van der Waals surface area contributed by atoms with E-state index in [9.17, 15) is 4.79 Å². The average Bonchev–Trinajstić information content (AvgIpc) is 2.48. The van der Waals surface area contributed by atoms with Crippen LogP contribution < -0.4 is 5.32 Å². The van der Waals surface area contributed by atoms with Crippen LogP contribution in [-0.2, 0) is 4.79 Å².